The highest BCUT2D eigenvalue weighted by atomic mass is 16.5. The van der Waals surface area contributed by atoms with Crippen LogP contribution in [0, 0.1) is 6.92 Å². The molecule has 0 radical (unpaired) electrons. The molecule has 1 spiro atoms. The maximum Gasteiger partial charge on any atom is 0.151 e. The molecule has 0 fully saturated rings. The van der Waals surface area contributed by atoms with E-state index in [-0.39, 0.29) is 0 Å². The van der Waals surface area contributed by atoms with Crippen LogP contribution in [0.25, 0.3) is 0 Å². The summed E-state index contributed by atoms with van der Waals surface area (Å²) < 4.78 is 12.6. The Morgan fingerprint density at radius 1 is 0.760 bits per heavy atom. The van der Waals surface area contributed by atoms with E-state index in [1.807, 2.05) is 50.2 Å². The fourth-order valence-electron chi connectivity index (χ4n) is 3.85. The predicted octanol–water partition coefficient (Wildman–Crippen LogP) is 5.95. The largest absolute Gasteiger partial charge is 0.457 e. The minimum atomic E-state index is -0.561. The van der Waals surface area contributed by atoms with Crippen molar-refractivity contribution in [3.63, 3.8) is 0 Å². The number of hydrogen-bond acceptors (Lipinski definition) is 2. The zero-order valence-corrected chi connectivity index (χ0v) is 14.9. The van der Waals surface area contributed by atoms with Gasteiger partial charge in [-0.15, -0.1) is 0 Å². The van der Waals surface area contributed by atoms with Crippen LogP contribution in [0.3, 0.4) is 0 Å². The van der Waals surface area contributed by atoms with Gasteiger partial charge in [-0.25, -0.2) is 0 Å². The topological polar surface area (TPSA) is 18.5 Å². The van der Waals surface area contributed by atoms with Gasteiger partial charge in [0, 0.05) is 11.1 Å². The van der Waals surface area contributed by atoms with Gasteiger partial charge in [0.1, 0.15) is 11.5 Å². The van der Waals surface area contributed by atoms with Crippen molar-refractivity contribution in [3.8, 4) is 11.5 Å². The Labute approximate surface area is 149 Å². The maximum atomic E-state index is 6.48. The van der Waals surface area contributed by atoms with E-state index in [4.69, 9.17) is 9.47 Å². The highest BCUT2D eigenvalue weighted by molar-refractivity contribution is 5.63. The van der Waals surface area contributed by atoms with E-state index in [1.165, 1.54) is 16.7 Å². The fourth-order valence-corrected chi connectivity index (χ4v) is 3.85. The summed E-state index contributed by atoms with van der Waals surface area (Å²) in [6, 6.07) is 23.0. The molecule has 2 heteroatoms. The Balaban J connectivity index is 0.000000758. The average Bonchev–Trinajstić information content (AvgIpc) is 3.03. The van der Waals surface area contributed by atoms with Crippen LogP contribution >= 0.6 is 0 Å². The van der Waals surface area contributed by atoms with Gasteiger partial charge in [-0.2, -0.15) is 0 Å². The first-order chi connectivity index (χ1) is 12.3. The van der Waals surface area contributed by atoms with E-state index < -0.39 is 5.60 Å². The third kappa shape index (κ3) is 2.21. The Bertz CT molecular complexity index is 881. The van der Waals surface area contributed by atoms with Crippen LogP contribution in [-0.4, -0.2) is 0 Å². The molecule has 2 aliphatic heterocycles. The Hall–Kier alpha value is -2.58. The lowest BCUT2D eigenvalue weighted by Gasteiger charge is -2.37. The minimum Gasteiger partial charge on any atom is -0.457 e. The monoisotopic (exact) mass is 330 g/mol. The molecule has 0 aliphatic carbocycles. The summed E-state index contributed by atoms with van der Waals surface area (Å²) in [6.07, 6.45) is 0. The molecule has 0 N–H and O–H groups in total. The van der Waals surface area contributed by atoms with Gasteiger partial charge >= 0.3 is 0 Å². The average molecular weight is 330 g/mol. The van der Waals surface area contributed by atoms with Gasteiger partial charge in [0.2, 0.25) is 0 Å². The zero-order chi connectivity index (χ0) is 17.4. The first-order valence-corrected chi connectivity index (χ1v) is 8.90. The van der Waals surface area contributed by atoms with Crippen LogP contribution in [0.15, 0.2) is 66.7 Å². The smallest absolute Gasteiger partial charge is 0.151 e. The van der Waals surface area contributed by atoms with Crippen molar-refractivity contribution in [3.05, 3.63) is 94.5 Å². The third-order valence-corrected chi connectivity index (χ3v) is 4.84. The summed E-state index contributed by atoms with van der Waals surface area (Å²) in [7, 11) is 0. The maximum absolute atomic E-state index is 6.48. The molecule has 3 aromatic rings. The summed E-state index contributed by atoms with van der Waals surface area (Å²) in [6.45, 7) is 6.75. The molecule has 0 saturated carbocycles. The lowest BCUT2D eigenvalue weighted by molar-refractivity contribution is 0.0199. The molecule has 2 aliphatic rings. The molecule has 25 heavy (non-hydrogen) atoms. The predicted molar refractivity (Wildman–Crippen MR) is 100 cm³/mol. The molecule has 5 rings (SSSR count). The number of ether oxygens (including phenoxy) is 2. The van der Waals surface area contributed by atoms with Gasteiger partial charge in [0.25, 0.3) is 0 Å². The molecule has 0 bridgehead atoms. The van der Waals surface area contributed by atoms with Crippen LogP contribution < -0.4 is 4.74 Å². The molecule has 126 valence electrons. The van der Waals surface area contributed by atoms with Crippen LogP contribution in [0.5, 0.6) is 11.5 Å². The molecular formula is C23H22O2. The number of rotatable bonds is 0. The quantitative estimate of drug-likeness (QED) is 0.507. The van der Waals surface area contributed by atoms with Gasteiger partial charge in [-0.1, -0.05) is 74.0 Å². The summed E-state index contributed by atoms with van der Waals surface area (Å²) in [5, 5.41) is 0. The second-order valence-electron chi connectivity index (χ2n) is 6.22. The molecule has 0 aromatic heterocycles. The van der Waals surface area contributed by atoms with Gasteiger partial charge in [-0.05, 0) is 30.2 Å². The first-order valence-electron chi connectivity index (χ1n) is 8.90. The second kappa shape index (κ2) is 6.05. The third-order valence-electron chi connectivity index (χ3n) is 4.84. The van der Waals surface area contributed by atoms with E-state index >= 15 is 0 Å². The van der Waals surface area contributed by atoms with Crippen molar-refractivity contribution >= 4 is 0 Å². The number of hydrogen-bond donors (Lipinski definition) is 0. The molecule has 2 nitrogen and oxygen atoms in total. The molecule has 3 aromatic carbocycles. The van der Waals surface area contributed by atoms with Crippen molar-refractivity contribution in [1.82, 2.24) is 0 Å². The molecule has 0 atom stereocenters. The highest BCUT2D eigenvalue weighted by Gasteiger charge is 2.49. The number of fused-ring (bicyclic) bond motifs is 6. The second-order valence-corrected chi connectivity index (χ2v) is 6.22. The summed E-state index contributed by atoms with van der Waals surface area (Å²) in [5.41, 5.74) is 5.36. The lowest BCUT2D eigenvalue weighted by atomic mass is 9.77. The molecule has 0 saturated heterocycles. The van der Waals surface area contributed by atoms with Crippen LogP contribution in [0.4, 0.5) is 0 Å². The van der Waals surface area contributed by atoms with Gasteiger partial charge in [0.05, 0.1) is 6.61 Å². The molecular weight excluding hydrogens is 308 g/mol. The normalized spacial score (nSPS) is 15.3. The Kier molecular flexibility index (Phi) is 3.85. The molecule has 2 heterocycles. The van der Waals surface area contributed by atoms with Crippen molar-refractivity contribution in [2.24, 2.45) is 0 Å². The van der Waals surface area contributed by atoms with Crippen molar-refractivity contribution in [1.29, 1.82) is 0 Å². The summed E-state index contributed by atoms with van der Waals surface area (Å²) in [4.78, 5) is 0. The van der Waals surface area contributed by atoms with E-state index in [1.54, 1.807) is 0 Å². The summed E-state index contributed by atoms with van der Waals surface area (Å²) >= 11 is 0. The van der Waals surface area contributed by atoms with Crippen molar-refractivity contribution < 1.29 is 9.47 Å². The Morgan fingerprint density at radius 3 is 2.00 bits per heavy atom. The number of aryl methyl sites for hydroxylation is 1. The molecule has 0 amide bonds. The van der Waals surface area contributed by atoms with Crippen molar-refractivity contribution in [2.45, 2.75) is 33.0 Å². The Morgan fingerprint density at radius 2 is 1.36 bits per heavy atom. The first kappa shape index (κ1) is 15.9. The van der Waals surface area contributed by atoms with Gasteiger partial charge in [-0.3, -0.25) is 0 Å². The fraction of sp³-hybridized carbons (Fsp3) is 0.217. The van der Waals surface area contributed by atoms with Gasteiger partial charge < -0.3 is 9.47 Å². The zero-order valence-electron chi connectivity index (χ0n) is 14.9. The molecule has 0 unspecified atom stereocenters. The standard InChI is InChI=1S/C21H16O2.C2H6/c1-14-10-11-16-15(12-14)13-22-21(16)17-6-2-4-8-19(17)23-20-9-5-3-7-18(20)21;1-2/h2-12H,13H2,1H3;1-2H3. The number of benzene rings is 3. The van der Waals surface area contributed by atoms with Crippen LogP contribution in [-0.2, 0) is 16.9 Å². The SMILES string of the molecule is CC.Cc1ccc2c(c1)COC21c2ccccc2Oc2ccccc21. The van der Waals surface area contributed by atoms with E-state index in [9.17, 15) is 0 Å². The van der Waals surface area contributed by atoms with E-state index in [0.717, 1.165) is 22.6 Å². The van der Waals surface area contributed by atoms with E-state index in [2.05, 4.69) is 37.3 Å². The summed E-state index contributed by atoms with van der Waals surface area (Å²) in [5.74, 6) is 1.75. The van der Waals surface area contributed by atoms with Gasteiger partial charge in [0.15, 0.2) is 5.60 Å². The number of para-hydroxylation sites is 2. The highest BCUT2D eigenvalue weighted by Crippen LogP contribution is 2.55. The van der Waals surface area contributed by atoms with E-state index in [0.29, 0.717) is 6.61 Å². The van der Waals surface area contributed by atoms with Crippen LogP contribution in [0.1, 0.15) is 41.7 Å². The van der Waals surface area contributed by atoms with Crippen LogP contribution in [0.2, 0.25) is 0 Å². The minimum absolute atomic E-state index is 0.561. The van der Waals surface area contributed by atoms with Crippen molar-refractivity contribution in [2.75, 3.05) is 0 Å². The lowest BCUT2D eigenvalue weighted by Crippen LogP contribution is -2.32.